The van der Waals surface area contributed by atoms with Gasteiger partial charge in [-0.15, -0.1) is 11.3 Å². The second-order valence-corrected chi connectivity index (χ2v) is 4.61. The average Bonchev–Trinajstić information content (AvgIpc) is 2.65. The Labute approximate surface area is 94.3 Å². The van der Waals surface area contributed by atoms with E-state index in [1.165, 1.54) is 0 Å². The Hall–Kier alpha value is -0.580. The molecule has 0 saturated heterocycles. The summed E-state index contributed by atoms with van der Waals surface area (Å²) >= 11 is 5.14. The number of thiophene rings is 1. The van der Waals surface area contributed by atoms with Gasteiger partial charge in [-0.25, -0.2) is 0 Å². The number of rotatable bonds is 2. The van der Waals surface area contributed by atoms with Crippen molar-refractivity contribution in [2.24, 2.45) is 0 Å². The molecule has 1 N–H and O–H groups in total. The molecule has 2 nitrogen and oxygen atoms in total. The Morgan fingerprint density at radius 1 is 1.57 bits per heavy atom. The number of hydrogen-bond acceptors (Lipinski definition) is 3. The lowest BCUT2D eigenvalue weighted by Gasteiger charge is -2.09. The first-order valence-electron chi connectivity index (χ1n) is 4.11. The molecule has 0 amide bonds. The van der Waals surface area contributed by atoms with Crippen molar-refractivity contribution in [3.63, 3.8) is 0 Å². The summed E-state index contributed by atoms with van der Waals surface area (Å²) in [5, 5.41) is 12.3. The minimum Gasteiger partial charge on any atom is -0.495 e. The van der Waals surface area contributed by atoms with Gasteiger partial charge < -0.3 is 9.84 Å². The van der Waals surface area contributed by atoms with Gasteiger partial charge in [0.2, 0.25) is 0 Å². The van der Waals surface area contributed by atoms with Crippen molar-refractivity contribution in [1.29, 1.82) is 0 Å². The van der Waals surface area contributed by atoms with Crippen molar-refractivity contribution < 1.29 is 9.84 Å². The Morgan fingerprint density at radius 3 is 3.00 bits per heavy atom. The fourth-order valence-electron chi connectivity index (χ4n) is 1.44. The van der Waals surface area contributed by atoms with Crippen LogP contribution in [0.15, 0.2) is 22.0 Å². The highest BCUT2D eigenvalue weighted by molar-refractivity contribution is 9.10. The van der Waals surface area contributed by atoms with Gasteiger partial charge in [0.15, 0.2) is 0 Å². The zero-order valence-electron chi connectivity index (χ0n) is 7.58. The van der Waals surface area contributed by atoms with E-state index < -0.39 is 0 Å². The van der Waals surface area contributed by atoms with Gasteiger partial charge in [0.05, 0.1) is 18.2 Å². The van der Waals surface area contributed by atoms with Gasteiger partial charge in [-0.3, -0.25) is 0 Å². The third-order valence-corrected chi connectivity index (χ3v) is 3.75. The molecule has 0 bridgehead atoms. The maximum atomic E-state index is 9.17. The lowest BCUT2D eigenvalue weighted by atomic mass is 10.1. The Balaban J connectivity index is 2.79. The van der Waals surface area contributed by atoms with E-state index in [1.807, 2.05) is 17.5 Å². The van der Waals surface area contributed by atoms with Gasteiger partial charge in [0, 0.05) is 15.6 Å². The number of halogens is 1. The van der Waals surface area contributed by atoms with Crippen molar-refractivity contribution >= 4 is 37.4 Å². The van der Waals surface area contributed by atoms with E-state index in [0.29, 0.717) is 0 Å². The predicted octanol–water partition coefficient (Wildman–Crippen LogP) is 3.16. The number of fused-ring (bicyclic) bond motifs is 1. The molecule has 74 valence electrons. The zero-order chi connectivity index (χ0) is 10.1. The first-order valence-corrected chi connectivity index (χ1v) is 5.78. The fourth-order valence-corrected chi connectivity index (χ4v) is 3.19. The molecule has 0 radical (unpaired) electrons. The third-order valence-electron chi connectivity index (χ3n) is 2.10. The van der Waals surface area contributed by atoms with E-state index in [-0.39, 0.29) is 6.61 Å². The minimum absolute atomic E-state index is 0.00435. The molecule has 1 heterocycles. The van der Waals surface area contributed by atoms with Crippen LogP contribution in [0.1, 0.15) is 5.56 Å². The summed E-state index contributed by atoms with van der Waals surface area (Å²) in [6, 6.07) is 4.00. The Kier molecular flexibility index (Phi) is 2.76. The number of benzene rings is 1. The van der Waals surface area contributed by atoms with Gasteiger partial charge >= 0.3 is 0 Å². The van der Waals surface area contributed by atoms with E-state index in [9.17, 15) is 5.11 Å². The monoisotopic (exact) mass is 272 g/mol. The van der Waals surface area contributed by atoms with Crippen molar-refractivity contribution in [3.05, 3.63) is 27.5 Å². The highest BCUT2D eigenvalue weighted by atomic mass is 79.9. The molecule has 0 atom stereocenters. The van der Waals surface area contributed by atoms with Gasteiger partial charge in [-0.05, 0) is 33.4 Å². The molecule has 14 heavy (non-hydrogen) atoms. The molecule has 0 aliphatic rings. The molecule has 0 spiro atoms. The first kappa shape index (κ1) is 9.96. The Morgan fingerprint density at radius 2 is 2.36 bits per heavy atom. The molecule has 0 aliphatic carbocycles. The maximum Gasteiger partial charge on any atom is 0.139 e. The summed E-state index contributed by atoms with van der Waals surface area (Å²) in [6.45, 7) is -0.00435. The zero-order valence-corrected chi connectivity index (χ0v) is 9.98. The van der Waals surface area contributed by atoms with Crippen LogP contribution in [0.25, 0.3) is 10.1 Å². The van der Waals surface area contributed by atoms with Crippen LogP contribution < -0.4 is 4.74 Å². The van der Waals surface area contributed by atoms with Crippen molar-refractivity contribution in [2.45, 2.75) is 6.61 Å². The van der Waals surface area contributed by atoms with Gasteiger partial charge in [0.25, 0.3) is 0 Å². The van der Waals surface area contributed by atoms with E-state index in [0.717, 1.165) is 25.9 Å². The molecule has 0 saturated carbocycles. The molecule has 0 unspecified atom stereocenters. The highest BCUT2D eigenvalue weighted by Gasteiger charge is 2.11. The maximum absolute atomic E-state index is 9.17. The lowest BCUT2D eigenvalue weighted by molar-refractivity contribution is 0.274. The Bertz CT molecular complexity index is 464. The minimum atomic E-state index is -0.00435. The average molecular weight is 273 g/mol. The fraction of sp³-hybridized carbons (Fsp3) is 0.200. The number of ether oxygens (including phenoxy) is 1. The van der Waals surface area contributed by atoms with E-state index >= 15 is 0 Å². The van der Waals surface area contributed by atoms with Crippen LogP contribution in [-0.4, -0.2) is 12.2 Å². The second kappa shape index (κ2) is 3.88. The summed E-state index contributed by atoms with van der Waals surface area (Å²) in [4.78, 5) is 0. The molecular formula is C10H9BrO2S. The number of methoxy groups -OCH3 is 1. The smallest absolute Gasteiger partial charge is 0.139 e. The standard InChI is InChI=1S/C10H9BrO2S/c1-13-10-6(5-12)4-8-7(9(10)11)2-3-14-8/h2-4,12H,5H2,1H3. The third kappa shape index (κ3) is 1.43. The molecule has 2 rings (SSSR count). The molecule has 1 aromatic heterocycles. The molecule has 1 aromatic carbocycles. The van der Waals surface area contributed by atoms with Crippen LogP contribution in [0.3, 0.4) is 0 Å². The predicted molar refractivity (Wildman–Crippen MR) is 62.0 cm³/mol. The van der Waals surface area contributed by atoms with Crippen LogP contribution in [0.2, 0.25) is 0 Å². The van der Waals surface area contributed by atoms with E-state index in [4.69, 9.17) is 4.74 Å². The second-order valence-electron chi connectivity index (χ2n) is 2.87. The van der Waals surface area contributed by atoms with Crippen molar-refractivity contribution in [2.75, 3.05) is 7.11 Å². The summed E-state index contributed by atoms with van der Waals surface area (Å²) in [5.74, 6) is 0.721. The van der Waals surface area contributed by atoms with Crippen LogP contribution in [0.4, 0.5) is 0 Å². The molecule has 0 aliphatic heterocycles. The van der Waals surface area contributed by atoms with Gasteiger partial charge in [-0.2, -0.15) is 0 Å². The lowest BCUT2D eigenvalue weighted by Crippen LogP contribution is -1.92. The van der Waals surface area contributed by atoms with E-state index in [1.54, 1.807) is 18.4 Å². The van der Waals surface area contributed by atoms with Crippen LogP contribution in [0, 0.1) is 0 Å². The highest BCUT2D eigenvalue weighted by Crippen LogP contribution is 2.38. The van der Waals surface area contributed by atoms with Crippen molar-refractivity contribution in [1.82, 2.24) is 0 Å². The summed E-state index contributed by atoms with van der Waals surface area (Å²) in [5.41, 5.74) is 0.814. The van der Waals surface area contributed by atoms with Gasteiger partial charge in [0.1, 0.15) is 5.75 Å². The normalized spacial score (nSPS) is 10.8. The number of aliphatic hydroxyl groups is 1. The molecule has 0 fully saturated rings. The topological polar surface area (TPSA) is 29.5 Å². The quantitative estimate of drug-likeness (QED) is 0.910. The number of hydrogen-bond donors (Lipinski definition) is 1. The molecule has 2 aromatic rings. The summed E-state index contributed by atoms with van der Waals surface area (Å²) in [6.07, 6.45) is 0. The summed E-state index contributed by atoms with van der Waals surface area (Å²) in [7, 11) is 1.61. The van der Waals surface area contributed by atoms with E-state index in [2.05, 4.69) is 15.9 Å². The molecule has 4 heteroatoms. The largest absolute Gasteiger partial charge is 0.495 e. The molecular weight excluding hydrogens is 264 g/mol. The van der Waals surface area contributed by atoms with Gasteiger partial charge in [-0.1, -0.05) is 0 Å². The van der Waals surface area contributed by atoms with Crippen molar-refractivity contribution in [3.8, 4) is 5.75 Å². The summed E-state index contributed by atoms with van der Waals surface area (Å²) < 4.78 is 7.32. The van der Waals surface area contributed by atoms with Crippen LogP contribution in [-0.2, 0) is 6.61 Å². The number of aliphatic hydroxyl groups excluding tert-OH is 1. The SMILES string of the molecule is COc1c(CO)cc2sccc2c1Br. The van der Waals surface area contributed by atoms with Crippen LogP contribution in [0.5, 0.6) is 5.75 Å². The first-order chi connectivity index (χ1) is 6.77. The van der Waals surface area contributed by atoms with Crippen LogP contribution >= 0.6 is 27.3 Å².